The summed E-state index contributed by atoms with van der Waals surface area (Å²) in [5.41, 5.74) is 0. The minimum Gasteiger partial charge on any atom is -0.381 e. The van der Waals surface area contributed by atoms with Gasteiger partial charge in [0.15, 0.2) is 0 Å². The number of likely N-dealkylation sites (tertiary alicyclic amines) is 1. The van der Waals surface area contributed by atoms with Crippen LogP contribution in [0.15, 0.2) is 0 Å². The number of ether oxygens (including phenoxy) is 2. The van der Waals surface area contributed by atoms with E-state index in [9.17, 15) is 4.79 Å². The second-order valence-electron chi connectivity index (χ2n) is 7.82. The van der Waals surface area contributed by atoms with E-state index in [-0.39, 0.29) is 11.8 Å². The first-order chi connectivity index (χ1) is 11.8. The zero-order chi connectivity index (χ0) is 16.4. The van der Waals surface area contributed by atoms with Crippen LogP contribution in [0.25, 0.3) is 0 Å². The molecule has 24 heavy (non-hydrogen) atoms. The van der Waals surface area contributed by atoms with E-state index in [1.54, 1.807) is 5.06 Å². The minimum atomic E-state index is -0.0264. The topological polar surface area (TPSA) is 51.2 Å². The summed E-state index contributed by atoms with van der Waals surface area (Å²) in [5, 5.41) is 1.61. The lowest BCUT2D eigenvalue weighted by molar-refractivity contribution is -0.207. The van der Waals surface area contributed by atoms with E-state index in [1.165, 1.54) is 12.8 Å². The van der Waals surface area contributed by atoms with Crippen LogP contribution in [0.5, 0.6) is 0 Å². The average molecular weight is 338 g/mol. The molecule has 6 heteroatoms. The van der Waals surface area contributed by atoms with Crippen molar-refractivity contribution < 1.29 is 19.1 Å². The summed E-state index contributed by atoms with van der Waals surface area (Å²) in [4.78, 5) is 21.0. The molecule has 4 aliphatic heterocycles. The van der Waals surface area contributed by atoms with Crippen molar-refractivity contribution in [2.45, 2.75) is 25.7 Å². The number of hydrogen-bond donors (Lipinski definition) is 0. The minimum absolute atomic E-state index is 0.0264. The van der Waals surface area contributed by atoms with E-state index in [2.05, 4.69) is 4.90 Å². The standard InChI is InChI=1S/C18H30N2O4/c21-18(20-5-1-2-6-24-20)17-13-23-12-15-10-19(11-16(15)17)9-14-3-7-22-8-4-14/h14-17H,1-13H2/t15-,16-,17+/m0/s1. The highest BCUT2D eigenvalue weighted by molar-refractivity contribution is 5.78. The fourth-order valence-electron chi connectivity index (χ4n) is 4.74. The molecule has 0 aliphatic carbocycles. The maximum atomic E-state index is 12.9. The van der Waals surface area contributed by atoms with Gasteiger partial charge in [0, 0.05) is 39.4 Å². The monoisotopic (exact) mass is 338 g/mol. The fraction of sp³-hybridized carbons (Fsp3) is 0.944. The van der Waals surface area contributed by atoms with Crippen molar-refractivity contribution in [2.75, 3.05) is 59.2 Å². The van der Waals surface area contributed by atoms with Crippen molar-refractivity contribution in [2.24, 2.45) is 23.7 Å². The van der Waals surface area contributed by atoms with Gasteiger partial charge in [-0.2, -0.15) is 0 Å². The van der Waals surface area contributed by atoms with Gasteiger partial charge < -0.3 is 14.4 Å². The summed E-state index contributed by atoms with van der Waals surface area (Å²) in [5.74, 6) is 1.80. The van der Waals surface area contributed by atoms with Crippen LogP contribution in [0.3, 0.4) is 0 Å². The van der Waals surface area contributed by atoms with Gasteiger partial charge in [0.05, 0.1) is 25.7 Å². The molecule has 4 saturated heterocycles. The van der Waals surface area contributed by atoms with Crippen LogP contribution in [-0.4, -0.2) is 75.1 Å². The third-order valence-electron chi connectivity index (χ3n) is 6.14. The third-order valence-corrected chi connectivity index (χ3v) is 6.14. The van der Waals surface area contributed by atoms with Gasteiger partial charge in [-0.25, -0.2) is 5.06 Å². The van der Waals surface area contributed by atoms with Crippen LogP contribution in [0.4, 0.5) is 0 Å². The summed E-state index contributed by atoms with van der Waals surface area (Å²) in [6.07, 6.45) is 4.44. The van der Waals surface area contributed by atoms with E-state index in [1.807, 2.05) is 0 Å². The fourth-order valence-corrected chi connectivity index (χ4v) is 4.74. The zero-order valence-electron chi connectivity index (χ0n) is 14.5. The molecule has 136 valence electrons. The number of rotatable bonds is 3. The molecular weight excluding hydrogens is 308 g/mol. The smallest absolute Gasteiger partial charge is 0.251 e. The lowest BCUT2D eigenvalue weighted by atomic mass is 9.82. The van der Waals surface area contributed by atoms with E-state index in [0.29, 0.717) is 25.0 Å². The molecule has 4 rings (SSSR count). The first-order valence-electron chi connectivity index (χ1n) is 9.63. The number of nitrogens with zero attached hydrogens (tertiary/aromatic N) is 2. The molecule has 0 bridgehead atoms. The molecule has 4 aliphatic rings. The molecule has 0 saturated carbocycles. The molecule has 6 nitrogen and oxygen atoms in total. The Balaban J connectivity index is 1.36. The number of fused-ring (bicyclic) bond motifs is 1. The lowest BCUT2D eigenvalue weighted by Gasteiger charge is -2.36. The summed E-state index contributed by atoms with van der Waals surface area (Å²) in [6, 6.07) is 0. The Morgan fingerprint density at radius 3 is 2.67 bits per heavy atom. The second-order valence-corrected chi connectivity index (χ2v) is 7.82. The first kappa shape index (κ1) is 16.8. The number of hydrogen-bond acceptors (Lipinski definition) is 5. The second kappa shape index (κ2) is 7.68. The van der Waals surface area contributed by atoms with Crippen molar-refractivity contribution in [3.63, 3.8) is 0 Å². The van der Waals surface area contributed by atoms with Crippen molar-refractivity contribution in [1.82, 2.24) is 9.96 Å². The van der Waals surface area contributed by atoms with Crippen LogP contribution in [0, 0.1) is 23.7 Å². The Bertz CT molecular complexity index is 435. The van der Waals surface area contributed by atoms with Gasteiger partial charge in [-0.3, -0.25) is 9.63 Å². The molecule has 4 fully saturated rings. The Labute approximate surface area is 144 Å². The van der Waals surface area contributed by atoms with E-state index >= 15 is 0 Å². The van der Waals surface area contributed by atoms with E-state index in [0.717, 1.165) is 64.8 Å². The van der Waals surface area contributed by atoms with E-state index < -0.39 is 0 Å². The van der Waals surface area contributed by atoms with Gasteiger partial charge in [0.25, 0.3) is 5.91 Å². The van der Waals surface area contributed by atoms with Crippen LogP contribution >= 0.6 is 0 Å². The molecule has 0 spiro atoms. The SMILES string of the molecule is O=C([C@@H]1COC[C@@H]2CN(CC3CCOCC3)C[C@@H]21)N1CCCCO1. The van der Waals surface area contributed by atoms with E-state index in [4.69, 9.17) is 14.3 Å². The predicted molar refractivity (Wildman–Crippen MR) is 88.2 cm³/mol. The van der Waals surface area contributed by atoms with Crippen molar-refractivity contribution in [3.05, 3.63) is 0 Å². The summed E-state index contributed by atoms with van der Waals surface area (Å²) < 4.78 is 11.3. The van der Waals surface area contributed by atoms with Gasteiger partial charge in [-0.05, 0) is 43.4 Å². The molecule has 0 aromatic rings. The van der Waals surface area contributed by atoms with Crippen LogP contribution < -0.4 is 0 Å². The Morgan fingerprint density at radius 2 is 1.88 bits per heavy atom. The Kier molecular flexibility index (Phi) is 5.37. The van der Waals surface area contributed by atoms with Gasteiger partial charge in [-0.15, -0.1) is 0 Å². The quantitative estimate of drug-likeness (QED) is 0.773. The molecule has 0 unspecified atom stereocenters. The maximum Gasteiger partial charge on any atom is 0.251 e. The summed E-state index contributed by atoms with van der Waals surface area (Å²) in [6.45, 7) is 7.84. The van der Waals surface area contributed by atoms with Crippen LogP contribution in [0.2, 0.25) is 0 Å². The van der Waals surface area contributed by atoms with Crippen LogP contribution in [0.1, 0.15) is 25.7 Å². The Morgan fingerprint density at radius 1 is 1.00 bits per heavy atom. The average Bonchev–Trinajstić information content (AvgIpc) is 3.05. The molecule has 0 aromatic heterocycles. The van der Waals surface area contributed by atoms with Gasteiger partial charge in [-0.1, -0.05) is 0 Å². The van der Waals surface area contributed by atoms with Gasteiger partial charge in [0.2, 0.25) is 0 Å². The molecule has 3 atom stereocenters. The molecule has 4 heterocycles. The van der Waals surface area contributed by atoms with Gasteiger partial charge >= 0.3 is 0 Å². The Hall–Kier alpha value is -0.690. The van der Waals surface area contributed by atoms with Crippen molar-refractivity contribution in [1.29, 1.82) is 0 Å². The molecule has 0 radical (unpaired) electrons. The highest BCUT2D eigenvalue weighted by atomic mass is 16.7. The molecule has 0 aromatic carbocycles. The largest absolute Gasteiger partial charge is 0.381 e. The normalized spacial score (nSPS) is 35.8. The third kappa shape index (κ3) is 3.62. The van der Waals surface area contributed by atoms with Crippen molar-refractivity contribution in [3.8, 4) is 0 Å². The number of carbonyl (C=O) groups excluding carboxylic acids is 1. The molecule has 1 amide bonds. The zero-order valence-corrected chi connectivity index (χ0v) is 14.5. The maximum absolute atomic E-state index is 12.9. The highest BCUT2D eigenvalue weighted by Gasteiger charge is 2.45. The predicted octanol–water partition coefficient (Wildman–Crippen LogP) is 1.16. The summed E-state index contributed by atoms with van der Waals surface area (Å²) in [7, 11) is 0. The lowest BCUT2D eigenvalue weighted by Crippen LogP contribution is -2.47. The van der Waals surface area contributed by atoms with Gasteiger partial charge in [0.1, 0.15) is 0 Å². The highest BCUT2D eigenvalue weighted by Crippen LogP contribution is 2.36. The molecule has 0 N–H and O–H groups in total. The number of hydroxylamine groups is 2. The number of carbonyl (C=O) groups is 1. The first-order valence-corrected chi connectivity index (χ1v) is 9.63. The number of amides is 1. The van der Waals surface area contributed by atoms with Crippen LogP contribution in [-0.2, 0) is 19.1 Å². The molecular formula is C18H30N2O4. The summed E-state index contributed by atoms with van der Waals surface area (Å²) >= 11 is 0. The van der Waals surface area contributed by atoms with Crippen molar-refractivity contribution >= 4 is 5.91 Å².